The molecule has 0 amide bonds. The van der Waals surface area contributed by atoms with Crippen molar-refractivity contribution in [3.63, 3.8) is 0 Å². The number of hydrogen-bond acceptors (Lipinski definition) is 2. The Morgan fingerprint density at radius 1 is 1.21 bits per heavy atom. The fourth-order valence-electron chi connectivity index (χ4n) is 3.17. The lowest BCUT2D eigenvalue weighted by atomic mass is 9.86. The van der Waals surface area contributed by atoms with Crippen LogP contribution >= 0.6 is 0 Å². The number of ether oxygens (including phenoxy) is 1. The lowest BCUT2D eigenvalue weighted by Gasteiger charge is -2.31. The molecule has 2 fully saturated rings. The van der Waals surface area contributed by atoms with E-state index in [0.717, 1.165) is 19.3 Å². The molecule has 110 valence electrons. The lowest BCUT2D eigenvalue weighted by Crippen LogP contribution is -2.31. The number of carbonyl (C=O) groups is 1. The molecule has 0 aromatic carbocycles. The molecule has 3 nitrogen and oxygen atoms in total. The van der Waals surface area contributed by atoms with Gasteiger partial charge in [-0.3, -0.25) is 4.79 Å². The fourth-order valence-corrected chi connectivity index (χ4v) is 3.17. The van der Waals surface area contributed by atoms with Crippen LogP contribution < -0.4 is 0 Å². The molecule has 0 aliphatic heterocycles. The van der Waals surface area contributed by atoms with E-state index in [1.54, 1.807) is 0 Å². The summed E-state index contributed by atoms with van der Waals surface area (Å²) in [5.74, 6) is -3.54. The SMILES string of the molecule is O=C(O)C1CCC(OCC2CCCC(F)(F)C2)CC1. The van der Waals surface area contributed by atoms with E-state index in [1.165, 1.54) is 0 Å². The predicted molar refractivity (Wildman–Crippen MR) is 66.2 cm³/mol. The quantitative estimate of drug-likeness (QED) is 0.855. The van der Waals surface area contributed by atoms with Gasteiger partial charge in [0.1, 0.15) is 0 Å². The zero-order chi connectivity index (χ0) is 13.9. The largest absolute Gasteiger partial charge is 0.481 e. The molecule has 0 radical (unpaired) electrons. The smallest absolute Gasteiger partial charge is 0.306 e. The molecule has 5 heteroatoms. The maximum absolute atomic E-state index is 13.2. The Morgan fingerprint density at radius 3 is 2.47 bits per heavy atom. The highest BCUT2D eigenvalue weighted by Gasteiger charge is 2.36. The van der Waals surface area contributed by atoms with E-state index in [4.69, 9.17) is 9.84 Å². The molecule has 0 spiro atoms. The van der Waals surface area contributed by atoms with Gasteiger partial charge in [0, 0.05) is 19.4 Å². The van der Waals surface area contributed by atoms with Crippen LogP contribution in [0.15, 0.2) is 0 Å². The van der Waals surface area contributed by atoms with Gasteiger partial charge in [-0.2, -0.15) is 0 Å². The first-order valence-electron chi connectivity index (χ1n) is 7.18. The molecule has 0 aromatic heterocycles. The molecule has 1 unspecified atom stereocenters. The summed E-state index contributed by atoms with van der Waals surface area (Å²) in [5, 5.41) is 8.89. The van der Waals surface area contributed by atoms with Gasteiger partial charge in [-0.1, -0.05) is 0 Å². The molecule has 2 rings (SSSR count). The van der Waals surface area contributed by atoms with Crippen molar-refractivity contribution >= 4 is 5.97 Å². The third-order valence-electron chi connectivity index (χ3n) is 4.33. The number of alkyl halides is 2. The summed E-state index contributed by atoms with van der Waals surface area (Å²) in [6.07, 6.45) is 4.16. The first-order valence-corrected chi connectivity index (χ1v) is 7.18. The zero-order valence-corrected chi connectivity index (χ0v) is 11.1. The van der Waals surface area contributed by atoms with Gasteiger partial charge in [0.25, 0.3) is 0 Å². The molecule has 1 atom stereocenters. The van der Waals surface area contributed by atoms with Crippen molar-refractivity contribution in [2.45, 2.75) is 63.4 Å². The highest BCUT2D eigenvalue weighted by molar-refractivity contribution is 5.70. The highest BCUT2D eigenvalue weighted by atomic mass is 19.3. The van der Waals surface area contributed by atoms with E-state index in [1.807, 2.05) is 0 Å². The summed E-state index contributed by atoms with van der Waals surface area (Å²) in [7, 11) is 0. The minimum absolute atomic E-state index is 0.00716. The molecular formula is C14H22F2O3. The zero-order valence-electron chi connectivity index (χ0n) is 11.1. The molecule has 2 aliphatic carbocycles. The van der Waals surface area contributed by atoms with Crippen molar-refractivity contribution in [1.29, 1.82) is 0 Å². The van der Waals surface area contributed by atoms with Crippen molar-refractivity contribution in [2.75, 3.05) is 6.61 Å². The molecule has 0 saturated heterocycles. The third kappa shape index (κ3) is 4.41. The van der Waals surface area contributed by atoms with Crippen molar-refractivity contribution in [3.05, 3.63) is 0 Å². The molecule has 1 N–H and O–H groups in total. The van der Waals surface area contributed by atoms with Gasteiger partial charge >= 0.3 is 5.97 Å². The number of halogens is 2. The van der Waals surface area contributed by atoms with E-state index in [2.05, 4.69) is 0 Å². The molecule has 0 aromatic rings. The monoisotopic (exact) mass is 276 g/mol. The number of hydrogen-bond donors (Lipinski definition) is 1. The maximum atomic E-state index is 13.2. The second-order valence-electron chi connectivity index (χ2n) is 5.96. The van der Waals surface area contributed by atoms with E-state index in [0.29, 0.717) is 25.9 Å². The normalized spacial score (nSPS) is 34.9. The van der Waals surface area contributed by atoms with Gasteiger partial charge in [-0.05, 0) is 44.4 Å². The van der Waals surface area contributed by atoms with E-state index in [-0.39, 0.29) is 30.8 Å². The summed E-state index contributed by atoms with van der Waals surface area (Å²) >= 11 is 0. The third-order valence-corrected chi connectivity index (χ3v) is 4.33. The van der Waals surface area contributed by atoms with Crippen LogP contribution in [0.1, 0.15) is 51.4 Å². The Balaban J connectivity index is 1.68. The number of aliphatic carboxylic acids is 1. The average molecular weight is 276 g/mol. The minimum atomic E-state index is -2.52. The highest BCUT2D eigenvalue weighted by Crippen LogP contribution is 2.37. The number of carboxylic acids is 1. The lowest BCUT2D eigenvalue weighted by molar-refractivity contribution is -0.144. The van der Waals surface area contributed by atoms with Crippen LogP contribution in [-0.4, -0.2) is 29.7 Å². The van der Waals surface area contributed by atoms with Gasteiger partial charge < -0.3 is 9.84 Å². The van der Waals surface area contributed by atoms with E-state index < -0.39 is 11.9 Å². The molecular weight excluding hydrogens is 254 g/mol. The summed E-state index contributed by atoms with van der Waals surface area (Å²) in [5.41, 5.74) is 0. The minimum Gasteiger partial charge on any atom is -0.481 e. The van der Waals surface area contributed by atoms with E-state index >= 15 is 0 Å². The fraction of sp³-hybridized carbons (Fsp3) is 0.929. The summed E-state index contributed by atoms with van der Waals surface area (Å²) in [6, 6.07) is 0. The van der Waals surface area contributed by atoms with Gasteiger partial charge in [0.2, 0.25) is 5.92 Å². The van der Waals surface area contributed by atoms with Crippen molar-refractivity contribution < 1.29 is 23.4 Å². The van der Waals surface area contributed by atoms with Gasteiger partial charge in [0.15, 0.2) is 0 Å². The maximum Gasteiger partial charge on any atom is 0.306 e. The van der Waals surface area contributed by atoms with Crippen LogP contribution in [-0.2, 0) is 9.53 Å². The first-order chi connectivity index (χ1) is 8.96. The second-order valence-corrected chi connectivity index (χ2v) is 5.96. The Hall–Kier alpha value is -0.710. The number of rotatable bonds is 4. The van der Waals surface area contributed by atoms with Crippen LogP contribution in [0.3, 0.4) is 0 Å². The van der Waals surface area contributed by atoms with Gasteiger partial charge in [0.05, 0.1) is 12.0 Å². The molecule has 19 heavy (non-hydrogen) atoms. The summed E-state index contributed by atoms with van der Waals surface area (Å²) in [4.78, 5) is 10.8. The average Bonchev–Trinajstić information content (AvgIpc) is 2.36. The predicted octanol–water partition coefficient (Wildman–Crippen LogP) is 3.47. The van der Waals surface area contributed by atoms with Crippen molar-refractivity contribution in [2.24, 2.45) is 11.8 Å². The Labute approximate surface area is 112 Å². The molecule has 0 heterocycles. The first kappa shape index (κ1) is 14.7. The Bertz CT molecular complexity index is 312. The molecule has 2 saturated carbocycles. The number of carboxylic acid groups (broad SMARTS) is 1. The van der Waals surface area contributed by atoms with Crippen molar-refractivity contribution in [1.82, 2.24) is 0 Å². The van der Waals surface area contributed by atoms with Crippen LogP contribution in [0.4, 0.5) is 8.78 Å². The summed E-state index contributed by atoms with van der Waals surface area (Å²) in [6.45, 7) is 0.401. The van der Waals surface area contributed by atoms with Crippen LogP contribution in [0.2, 0.25) is 0 Å². The topological polar surface area (TPSA) is 46.5 Å². The van der Waals surface area contributed by atoms with Crippen LogP contribution in [0.5, 0.6) is 0 Å². The summed E-state index contributed by atoms with van der Waals surface area (Å²) < 4.78 is 32.2. The van der Waals surface area contributed by atoms with Gasteiger partial charge in [-0.15, -0.1) is 0 Å². The molecule has 0 bridgehead atoms. The standard InChI is InChI=1S/C14H22F2O3/c15-14(16)7-1-2-10(8-14)9-19-12-5-3-11(4-6-12)13(17)18/h10-12H,1-9H2,(H,17,18). The van der Waals surface area contributed by atoms with Crippen LogP contribution in [0.25, 0.3) is 0 Å². The Kier molecular flexibility index (Phi) is 4.76. The second kappa shape index (κ2) is 6.16. The van der Waals surface area contributed by atoms with E-state index in [9.17, 15) is 13.6 Å². The van der Waals surface area contributed by atoms with Crippen LogP contribution in [0, 0.1) is 11.8 Å². The van der Waals surface area contributed by atoms with Crippen molar-refractivity contribution in [3.8, 4) is 0 Å². The van der Waals surface area contributed by atoms with Gasteiger partial charge in [-0.25, -0.2) is 8.78 Å². The molecule has 2 aliphatic rings. The Morgan fingerprint density at radius 2 is 1.89 bits per heavy atom.